The molecule has 0 bridgehead atoms. The first-order valence-corrected chi connectivity index (χ1v) is 6.41. The molecule has 0 aliphatic rings. The fourth-order valence-corrected chi connectivity index (χ4v) is 2.71. The van der Waals surface area contributed by atoms with E-state index in [-0.39, 0.29) is 0 Å². The second kappa shape index (κ2) is 5.68. The van der Waals surface area contributed by atoms with E-state index in [2.05, 4.69) is 0 Å². The van der Waals surface area contributed by atoms with Gasteiger partial charge in [-0.1, -0.05) is 60.3 Å². The zero-order chi connectivity index (χ0) is 11.2. The molecule has 0 N–H and O–H groups in total. The summed E-state index contributed by atoms with van der Waals surface area (Å²) in [6.45, 7) is 0. The van der Waals surface area contributed by atoms with Gasteiger partial charge in [-0.2, -0.15) is 0 Å². The second-order valence-electron chi connectivity index (χ2n) is 3.15. The van der Waals surface area contributed by atoms with Gasteiger partial charge in [-0.15, -0.1) is 0 Å². The van der Waals surface area contributed by atoms with Gasteiger partial charge in [-0.3, -0.25) is 0 Å². The molecule has 0 heterocycles. The SMILES string of the molecule is O=S=C(Sc1ccccc1)c1ccccc1. The molecular formula is C13H10OS2. The van der Waals surface area contributed by atoms with Crippen LogP contribution in [-0.2, 0) is 11.3 Å². The summed E-state index contributed by atoms with van der Waals surface area (Å²) in [6.07, 6.45) is 0. The molecule has 80 valence electrons. The van der Waals surface area contributed by atoms with Crippen LogP contribution in [0.4, 0.5) is 0 Å². The first-order valence-electron chi connectivity index (χ1n) is 4.85. The quantitative estimate of drug-likeness (QED) is 0.598. The summed E-state index contributed by atoms with van der Waals surface area (Å²) >= 11 is 2.06. The summed E-state index contributed by atoms with van der Waals surface area (Å²) < 4.78 is 11.9. The Balaban J connectivity index is 2.24. The number of hydrogen-bond donors (Lipinski definition) is 0. The molecule has 1 nitrogen and oxygen atoms in total. The minimum absolute atomic E-state index is 0.547. The van der Waals surface area contributed by atoms with Gasteiger partial charge in [-0.25, -0.2) is 4.21 Å². The Morgan fingerprint density at radius 2 is 1.38 bits per heavy atom. The van der Waals surface area contributed by atoms with Gasteiger partial charge in [0, 0.05) is 10.5 Å². The molecule has 0 atom stereocenters. The van der Waals surface area contributed by atoms with Crippen molar-refractivity contribution in [1.82, 2.24) is 0 Å². The smallest absolute Gasteiger partial charge is 0.113 e. The number of thioether (sulfide) groups is 1. The molecule has 16 heavy (non-hydrogen) atoms. The van der Waals surface area contributed by atoms with E-state index in [1.165, 1.54) is 11.8 Å². The summed E-state index contributed by atoms with van der Waals surface area (Å²) in [5.74, 6) is 0. The van der Waals surface area contributed by atoms with Gasteiger partial charge in [0.25, 0.3) is 0 Å². The van der Waals surface area contributed by atoms with Gasteiger partial charge in [0.1, 0.15) is 15.5 Å². The Labute approximate surface area is 103 Å². The third kappa shape index (κ3) is 2.84. The lowest BCUT2D eigenvalue weighted by Gasteiger charge is -2.02. The Morgan fingerprint density at radius 3 is 1.94 bits per heavy atom. The van der Waals surface area contributed by atoms with Gasteiger partial charge in [0.15, 0.2) is 0 Å². The highest BCUT2D eigenvalue weighted by Crippen LogP contribution is 2.22. The van der Waals surface area contributed by atoms with Crippen molar-refractivity contribution >= 4 is 27.2 Å². The van der Waals surface area contributed by atoms with Crippen LogP contribution in [0.1, 0.15) is 5.56 Å². The molecule has 0 unspecified atom stereocenters. The van der Waals surface area contributed by atoms with E-state index in [0.717, 1.165) is 14.7 Å². The topological polar surface area (TPSA) is 17.1 Å². The summed E-state index contributed by atoms with van der Waals surface area (Å²) in [4.78, 5) is 1.09. The first kappa shape index (κ1) is 11.2. The maximum Gasteiger partial charge on any atom is 0.113 e. The molecule has 2 aromatic rings. The summed E-state index contributed by atoms with van der Waals surface area (Å²) in [7, 11) is 0. The first-order chi connectivity index (χ1) is 7.90. The van der Waals surface area contributed by atoms with E-state index in [4.69, 9.17) is 0 Å². The van der Waals surface area contributed by atoms with Crippen LogP contribution in [0.5, 0.6) is 0 Å². The van der Waals surface area contributed by atoms with Crippen LogP contribution in [0.15, 0.2) is 65.6 Å². The van der Waals surface area contributed by atoms with Crippen LogP contribution < -0.4 is 0 Å². The van der Waals surface area contributed by atoms with Crippen LogP contribution in [0.3, 0.4) is 0 Å². The number of hydrogen-bond acceptors (Lipinski definition) is 2. The molecule has 0 saturated heterocycles. The third-order valence-corrected chi connectivity index (χ3v) is 3.81. The van der Waals surface area contributed by atoms with Crippen LogP contribution in [0.2, 0.25) is 0 Å². The van der Waals surface area contributed by atoms with Crippen molar-refractivity contribution in [3.63, 3.8) is 0 Å². The number of rotatable bonds is 2. The lowest BCUT2D eigenvalue weighted by atomic mass is 10.2. The zero-order valence-corrected chi connectivity index (χ0v) is 10.1. The molecule has 0 saturated carbocycles. The van der Waals surface area contributed by atoms with E-state index < -0.39 is 0 Å². The lowest BCUT2D eigenvalue weighted by molar-refractivity contribution is 0.701. The Hall–Kier alpha value is -1.32. The van der Waals surface area contributed by atoms with Crippen LogP contribution in [0.25, 0.3) is 0 Å². The van der Waals surface area contributed by atoms with Crippen molar-refractivity contribution in [2.75, 3.05) is 0 Å². The van der Waals surface area contributed by atoms with E-state index in [0.29, 0.717) is 11.3 Å². The summed E-state index contributed by atoms with van der Waals surface area (Å²) in [5, 5.41) is 0. The molecule has 0 spiro atoms. The van der Waals surface area contributed by atoms with Crippen molar-refractivity contribution in [1.29, 1.82) is 0 Å². The van der Waals surface area contributed by atoms with Gasteiger partial charge in [-0.05, 0) is 12.1 Å². The van der Waals surface area contributed by atoms with E-state index in [1.807, 2.05) is 60.7 Å². The van der Waals surface area contributed by atoms with Crippen molar-refractivity contribution in [3.05, 3.63) is 66.2 Å². The molecular weight excluding hydrogens is 236 g/mol. The van der Waals surface area contributed by atoms with Crippen LogP contribution >= 0.6 is 11.8 Å². The molecule has 2 aromatic carbocycles. The van der Waals surface area contributed by atoms with Gasteiger partial charge >= 0.3 is 0 Å². The standard InChI is InChI=1S/C13H10OS2/c14-16-13(11-7-3-1-4-8-11)15-12-9-5-2-6-10-12/h1-10H. The summed E-state index contributed by atoms with van der Waals surface area (Å²) in [6, 6.07) is 19.7. The van der Waals surface area contributed by atoms with Gasteiger partial charge in [0.05, 0.1) is 0 Å². The zero-order valence-electron chi connectivity index (χ0n) is 8.50. The molecule has 0 aliphatic carbocycles. The minimum atomic E-state index is 0.547. The Kier molecular flexibility index (Phi) is 3.97. The predicted octanol–water partition coefficient (Wildman–Crippen LogP) is 3.17. The van der Waals surface area contributed by atoms with Crippen LogP contribution in [-0.4, -0.2) is 8.41 Å². The molecule has 0 amide bonds. The van der Waals surface area contributed by atoms with E-state index in [9.17, 15) is 4.21 Å². The second-order valence-corrected chi connectivity index (χ2v) is 5.07. The average molecular weight is 246 g/mol. The largest absolute Gasteiger partial charge is 0.211 e. The average Bonchev–Trinajstić information content (AvgIpc) is 2.38. The Bertz CT molecular complexity index is 502. The van der Waals surface area contributed by atoms with Crippen molar-refractivity contribution in [3.8, 4) is 0 Å². The van der Waals surface area contributed by atoms with E-state index in [1.54, 1.807) is 0 Å². The highest BCUT2D eigenvalue weighted by molar-refractivity contribution is 8.21. The highest BCUT2D eigenvalue weighted by Gasteiger charge is 2.04. The van der Waals surface area contributed by atoms with Gasteiger partial charge in [0.2, 0.25) is 0 Å². The maximum atomic E-state index is 11.1. The van der Waals surface area contributed by atoms with Crippen molar-refractivity contribution in [2.24, 2.45) is 0 Å². The lowest BCUT2D eigenvalue weighted by Crippen LogP contribution is -1.93. The molecule has 3 heteroatoms. The fourth-order valence-electron chi connectivity index (χ4n) is 1.29. The Morgan fingerprint density at radius 1 is 0.812 bits per heavy atom. The fraction of sp³-hybridized carbons (Fsp3) is 0. The molecule has 2 rings (SSSR count). The van der Waals surface area contributed by atoms with Crippen molar-refractivity contribution in [2.45, 2.75) is 4.90 Å². The molecule has 0 aliphatic heterocycles. The van der Waals surface area contributed by atoms with E-state index >= 15 is 0 Å². The molecule has 0 radical (unpaired) electrons. The normalized spacial score (nSPS) is 9.75. The number of benzene rings is 2. The predicted molar refractivity (Wildman–Crippen MR) is 71.0 cm³/mol. The summed E-state index contributed by atoms with van der Waals surface area (Å²) in [5.41, 5.74) is 0.983. The van der Waals surface area contributed by atoms with Crippen LogP contribution in [0, 0.1) is 0 Å². The van der Waals surface area contributed by atoms with Gasteiger partial charge < -0.3 is 0 Å². The molecule has 0 aromatic heterocycles. The minimum Gasteiger partial charge on any atom is -0.211 e. The maximum absolute atomic E-state index is 11.1. The third-order valence-electron chi connectivity index (χ3n) is 2.04. The van der Waals surface area contributed by atoms with Crippen molar-refractivity contribution < 1.29 is 4.21 Å². The molecule has 0 fully saturated rings. The monoisotopic (exact) mass is 246 g/mol. The highest BCUT2D eigenvalue weighted by atomic mass is 32.2.